The number of amides is 1. The summed E-state index contributed by atoms with van der Waals surface area (Å²) in [4.78, 5) is 12.9. The van der Waals surface area contributed by atoms with Gasteiger partial charge in [0.25, 0.3) is 5.91 Å². The highest BCUT2D eigenvalue weighted by molar-refractivity contribution is 6.10. The number of nitrogens with zero attached hydrogens (tertiary/aromatic N) is 2. The molecule has 4 nitrogen and oxygen atoms in total. The summed E-state index contributed by atoms with van der Waals surface area (Å²) in [5.41, 5.74) is 4.62. The average Bonchev–Trinajstić information content (AvgIpc) is 3.14. The van der Waals surface area contributed by atoms with Crippen LogP contribution in [0, 0.1) is 25.2 Å². The molecule has 0 fully saturated rings. The van der Waals surface area contributed by atoms with Gasteiger partial charge >= 0.3 is 0 Å². The van der Waals surface area contributed by atoms with E-state index < -0.39 is 5.91 Å². The molecule has 1 heterocycles. The van der Waals surface area contributed by atoms with Gasteiger partial charge in [0.05, 0.1) is 0 Å². The van der Waals surface area contributed by atoms with Crippen molar-refractivity contribution in [3.8, 4) is 11.8 Å². The fourth-order valence-corrected chi connectivity index (χ4v) is 4.42. The number of aryl methyl sites for hydroxylation is 1. The van der Waals surface area contributed by atoms with Crippen LogP contribution >= 0.6 is 0 Å². The molecule has 0 unspecified atom stereocenters. The zero-order valence-corrected chi connectivity index (χ0v) is 19.0. The molecule has 0 aliphatic heterocycles. The molecule has 0 saturated carbocycles. The highest BCUT2D eigenvalue weighted by Gasteiger charge is 2.14. The molecule has 34 heavy (non-hydrogen) atoms. The molecule has 1 amide bonds. The summed E-state index contributed by atoms with van der Waals surface area (Å²) in [6.07, 6.45) is 1.66. The number of hydrogen-bond donors (Lipinski definition) is 1. The first-order valence-electron chi connectivity index (χ1n) is 11.1. The van der Waals surface area contributed by atoms with Gasteiger partial charge in [0.1, 0.15) is 11.6 Å². The third-order valence-electron chi connectivity index (χ3n) is 6.13. The number of carbonyl (C=O) groups is 1. The second-order valence-corrected chi connectivity index (χ2v) is 8.38. The quantitative estimate of drug-likeness (QED) is 0.242. The lowest BCUT2D eigenvalue weighted by molar-refractivity contribution is -0.112. The highest BCUT2D eigenvalue weighted by Crippen LogP contribution is 2.26. The number of nitriles is 1. The van der Waals surface area contributed by atoms with Crippen LogP contribution in [0.25, 0.3) is 33.3 Å². The van der Waals surface area contributed by atoms with Crippen molar-refractivity contribution in [3.63, 3.8) is 0 Å². The van der Waals surface area contributed by atoms with E-state index in [1.807, 2.05) is 74.5 Å². The second-order valence-electron chi connectivity index (χ2n) is 8.38. The van der Waals surface area contributed by atoms with Crippen molar-refractivity contribution in [2.75, 3.05) is 5.32 Å². The summed E-state index contributed by atoms with van der Waals surface area (Å²) in [6.45, 7) is 4.03. The van der Waals surface area contributed by atoms with E-state index in [0.717, 1.165) is 38.8 Å². The third kappa shape index (κ3) is 3.96. The normalized spacial score (nSPS) is 11.5. The van der Waals surface area contributed by atoms with Gasteiger partial charge in [-0.15, -0.1) is 0 Å². The summed E-state index contributed by atoms with van der Waals surface area (Å²) < 4.78 is 2.15. The van der Waals surface area contributed by atoms with Gasteiger partial charge in [-0.05, 0) is 77.4 Å². The molecule has 0 aliphatic rings. The molecule has 0 spiro atoms. The molecule has 5 rings (SSSR count). The van der Waals surface area contributed by atoms with Crippen LogP contribution in [0.15, 0.2) is 96.6 Å². The summed E-state index contributed by atoms with van der Waals surface area (Å²) in [5.74, 6) is -0.423. The lowest BCUT2D eigenvalue weighted by atomic mass is 10.1. The van der Waals surface area contributed by atoms with Crippen molar-refractivity contribution < 1.29 is 4.79 Å². The topological polar surface area (TPSA) is 57.8 Å². The molecule has 4 heteroatoms. The summed E-state index contributed by atoms with van der Waals surface area (Å²) in [6, 6.07) is 32.3. The number of nitrogens with one attached hydrogen (secondary N) is 1. The fourth-order valence-electron chi connectivity index (χ4n) is 4.42. The van der Waals surface area contributed by atoms with E-state index in [-0.39, 0.29) is 5.57 Å². The Morgan fingerprint density at radius 2 is 1.44 bits per heavy atom. The lowest BCUT2D eigenvalue weighted by Crippen LogP contribution is -2.13. The van der Waals surface area contributed by atoms with E-state index in [9.17, 15) is 10.1 Å². The number of rotatable bonds is 4. The van der Waals surface area contributed by atoms with Crippen LogP contribution in [0.5, 0.6) is 0 Å². The molecular formula is C30H23N3O. The molecule has 0 saturated heterocycles. The molecular weight excluding hydrogens is 418 g/mol. The standard InChI is InChI=1S/C30H23N3O/c1-20-15-26(21(2)33(20)29-14-12-23-8-4-6-10-25(23)18-29)16-27(19-31)30(34)32-28-13-11-22-7-3-5-9-24(22)17-28/h3-18H,1-2H3,(H,32,34)/b27-16+. The molecule has 1 N–H and O–H groups in total. The van der Waals surface area contributed by atoms with Crippen LogP contribution in [-0.2, 0) is 4.79 Å². The van der Waals surface area contributed by atoms with Crippen molar-refractivity contribution in [3.05, 3.63) is 114 Å². The second kappa shape index (κ2) is 8.73. The van der Waals surface area contributed by atoms with Crippen LogP contribution in [0.1, 0.15) is 17.0 Å². The van der Waals surface area contributed by atoms with Gasteiger partial charge < -0.3 is 9.88 Å². The Labute approximate surface area is 198 Å². The number of aromatic nitrogens is 1. The molecule has 0 bridgehead atoms. The van der Waals surface area contributed by atoms with Gasteiger partial charge in [0.15, 0.2) is 0 Å². The van der Waals surface area contributed by atoms with Crippen LogP contribution in [-0.4, -0.2) is 10.5 Å². The number of carbonyl (C=O) groups excluding carboxylic acids is 1. The van der Waals surface area contributed by atoms with Crippen LogP contribution in [0.2, 0.25) is 0 Å². The van der Waals surface area contributed by atoms with Gasteiger partial charge in [0, 0.05) is 22.8 Å². The van der Waals surface area contributed by atoms with E-state index >= 15 is 0 Å². The number of anilines is 1. The van der Waals surface area contributed by atoms with Crippen LogP contribution < -0.4 is 5.32 Å². The first kappa shape index (κ1) is 21.2. The Morgan fingerprint density at radius 1 is 0.824 bits per heavy atom. The van der Waals surface area contributed by atoms with Crippen molar-refractivity contribution in [2.24, 2.45) is 0 Å². The largest absolute Gasteiger partial charge is 0.321 e. The predicted molar refractivity (Wildman–Crippen MR) is 139 cm³/mol. The molecule has 4 aromatic carbocycles. The Hall–Kier alpha value is -4.62. The summed E-state index contributed by atoms with van der Waals surface area (Å²) in [5, 5.41) is 17.1. The maximum Gasteiger partial charge on any atom is 0.266 e. The van der Waals surface area contributed by atoms with E-state index in [0.29, 0.717) is 5.69 Å². The minimum absolute atomic E-state index is 0.0620. The average molecular weight is 442 g/mol. The zero-order chi connectivity index (χ0) is 23.7. The Kier molecular flexibility index (Phi) is 5.45. The SMILES string of the molecule is Cc1cc(/C=C(\C#N)C(=O)Nc2ccc3ccccc3c2)c(C)n1-c1ccc2ccccc2c1. The van der Waals surface area contributed by atoms with E-state index in [2.05, 4.69) is 46.3 Å². The van der Waals surface area contributed by atoms with E-state index in [1.54, 1.807) is 6.08 Å². The Balaban J connectivity index is 1.46. The van der Waals surface area contributed by atoms with E-state index in [1.165, 1.54) is 5.39 Å². The van der Waals surface area contributed by atoms with Gasteiger partial charge in [-0.1, -0.05) is 60.7 Å². The van der Waals surface area contributed by atoms with Gasteiger partial charge in [0.2, 0.25) is 0 Å². The molecule has 1 aromatic heterocycles. The smallest absolute Gasteiger partial charge is 0.266 e. The van der Waals surface area contributed by atoms with Crippen LogP contribution in [0.4, 0.5) is 5.69 Å². The Bertz CT molecular complexity index is 1630. The number of hydrogen-bond acceptors (Lipinski definition) is 2. The fraction of sp³-hybridized carbons (Fsp3) is 0.0667. The van der Waals surface area contributed by atoms with Crippen LogP contribution in [0.3, 0.4) is 0 Å². The molecule has 5 aromatic rings. The zero-order valence-electron chi connectivity index (χ0n) is 19.0. The number of benzene rings is 4. The van der Waals surface area contributed by atoms with Crippen molar-refractivity contribution in [1.29, 1.82) is 5.26 Å². The lowest BCUT2D eigenvalue weighted by Gasteiger charge is -2.11. The first-order chi connectivity index (χ1) is 16.5. The minimum atomic E-state index is -0.423. The van der Waals surface area contributed by atoms with E-state index in [4.69, 9.17) is 0 Å². The van der Waals surface area contributed by atoms with Crippen molar-refractivity contribution >= 4 is 39.2 Å². The molecule has 0 aliphatic carbocycles. The maximum absolute atomic E-state index is 12.9. The van der Waals surface area contributed by atoms with Crippen molar-refractivity contribution in [2.45, 2.75) is 13.8 Å². The monoisotopic (exact) mass is 441 g/mol. The third-order valence-corrected chi connectivity index (χ3v) is 6.13. The minimum Gasteiger partial charge on any atom is -0.321 e. The molecule has 0 radical (unpaired) electrons. The molecule has 0 atom stereocenters. The first-order valence-corrected chi connectivity index (χ1v) is 11.1. The highest BCUT2D eigenvalue weighted by atomic mass is 16.1. The number of fused-ring (bicyclic) bond motifs is 2. The van der Waals surface area contributed by atoms with Gasteiger partial charge in [-0.3, -0.25) is 4.79 Å². The van der Waals surface area contributed by atoms with Gasteiger partial charge in [-0.2, -0.15) is 5.26 Å². The maximum atomic E-state index is 12.9. The van der Waals surface area contributed by atoms with Crippen molar-refractivity contribution in [1.82, 2.24) is 4.57 Å². The summed E-state index contributed by atoms with van der Waals surface area (Å²) >= 11 is 0. The Morgan fingerprint density at radius 3 is 2.12 bits per heavy atom. The predicted octanol–water partition coefficient (Wildman–Crippen LogP) is 6.95. The molecule has 164 valence electrons. The summed E-state index contributed by atoms with van der Waals surface area (Å²) in [7, 11) is 0. The van der Waals surface area contributed by atoms with Gasteiger partial charge in [-0.25, -0.2) is 0 Å².